The molecule has 0 aromatic rings. The number of rotatable bonds is 7. The van der Waals surface area contributed by atoms with Gasteiger partial charge in [-0.15, -0.1) is 0 Å². The smallest absolute Gasteiger partial charge is 0.0667 e. The quantitative estimate of drug-likeness (QED) is 0.687. The van der Waals surface area contributed by atoms with E-state index < -0.39 is 0 Å². The molecule has 1 aliphatic heterocycles. The summed E-state index contributed by atoms with van der Waals surface area (Å²) in [6, 6.07) is 0. The third kappa shape index (κ3) is 4.80. The first-order valence-electron chi connectivity index (χ1n) is 7.17. The van der Waals surface area contributed by atoms with E-state index in [0.29, 0.717) is 5.41 Å². The summed E-state index contributed by atoms with van der Waals surface area (Å²) in [7, 11) is 0. The van der Waals surface area contributed by atoms with Crippen molar-refractivity contribution in [3.05, 3.63) is 0 Å². The van der Waals surface area contributed by atoms with Gasteiger partial charge in [0.25, 0.3) is 0 Å². The second kappa shape index (κ2) is 7.65. The van der Waals surface area contributed by atoms with Gasteiger partial charge < -0.3 is 10.0 Å². The number of hydrogen-bond acceptors (Lipinski definition) is 3. The molecule has 0 amide bonds. The molecule has 1 unspecified atom stereocenters. The largest absolute Gasteiger partial charge is 0.392 e. The SMILES string of the molecule is CCCC(CS)(CCC)CN1CCCC(O)C1. The van der Waals surface area contributed by atoms with Crippen LogP contribution in [0.5, 0.6) is 0 Å². The standard InChI is InChI=1S/C14H29NOS/c1-3-7-14(12-17,8-4-2)11-15-9-5-6-13(16)10-15/h13,16-17H,3-12H2,1-2H3. The molecule has 1 rings (SSSR count). The minimum absolute atomic E-state index is 0.107. The van der Waals surface area contributed by atoms with Gasteiger partial charge in [0.1, 0.15) is 0 Å². The van der Waals surface area contributed by atoms with Crippen LogP contribution in [-0.2, 0) is 0 Å². The van der Waals surface area contributed by atoms with E-state index in [-0.39, 0.29) is 6.10 Å². The summed E-state index contributed by atoms with van der Waals surface area (Å²) in [5.41, 5.74) is 0.365. The summed E-state index contributed by atoms with van der Waals surface area (Å²) in [5, 5.41) is 9.75. The van der Waals surface area contributed by atoms with Crippen molar-refractivity contribution >= 4 is 12.6 Å². The molecule has 0 radical (unpaired) electrons. The Labute approximate surface area is 112 Å². The summed E-state index contributed by atoms with van der Waals surface area (Å²) in [5.74, 6) is 0.973. The van der Waals surface area contributed by atoms with Crippen molar-refractivity contribution in [3.8, 4) is 0 Å². The summed E-state index contributed by atoms with van der Waals surface area (Å²) < 4.78 is 0. The van der Waals surface area contributed by atoms with Crippen molar-refractivity contribution in [2.24, 2.45) is 5.41 Å². The van der Waals surface area contributed by atoms with E-state index >= 15 is 0 Å². The van der Waals surface area contributed by atoms with E-state index in [1.54, 1.807) is 0 Å². The topological polar surface area (TPSA) is 23.5 Å². The molecular weight excluding hydrogens is 230 g/mol. The Morgan fingerprint density at radius 3 is 2.41 bits per heavy atom. The zero-order chi connectivity index (χ0) is 12.7. The van der Waals surface area contributed by atoms with E-state index in [0.717, 1.165) is 38.2 Å². The fourth-order valence-electron chi connectivity index (χ4n) is 3.20. The summed E-state index contributed by atoms with van der Waals surface area (Å²) in [6.07, 6.45) is 7.00. The lowest BCUT2D eigenvalue weighted by atomic mass is 9.80. The normalized spacial score (nSPS) is 22.9. The van der Waals surface area contributed by atoms with E-state index in [4.69, 9.17) is 0 Å². The molecule has 0 aliphatic carbocycles. The Balaban J connectivity index is 2.57. The van der Waals surface area contributed by atoms with Crippen LogP contribution in [0.2, 0.25) is 0 Å². The molecule has 1 fully saturated rings. The lowest BCUT2D eigenvalue weighted by Gasteiger charge is -2.40. The third-order valence-corrected chi connectivity index (χ3v) is 4.61. The fraction of sp³-hybridized carbons (Fsp3) is 1.00. The number of thiol groups is 1. The summed E-state index contributed by atoms with van der Waals surface area (Å²) in [4.78, 5) is 2.45. The molecule has 1 aliphatic rings. The van der Waals surface area contributed by atoms with Gasteiger partial charge in [0, 0.05) is 13.1 Å². The molecule has 1 saturated heterocycles. The number of likely N-dealkylation sites (tertiary alicyclic amines) is 1. The highest BCUT2D eigenvalue weighted by molar-refractivity contribution is 7.80. The number of β-amino-alcohol motifs (C(OH)–C–C–N with tert-alkyl or cyclic N) is 1. The number of hydrogen-bond donors (Lipinski definition) is 2. The van der Waals surface area contributed by atoms with Crippen LogP contribution in [-0.4, -0.2) is 41.5 Å². The second-order valence-electron chi connectivity index (χ2n) is 5.69. The maximum Gasteiger partial charge on any atom is 0.0667 e. The van der Waals surface area contributed by atoms with Crippen LogP contribution in [0.3, 0.4) is 0 Å². The van der Waals surface area contributed by atoms with Gasteiger partial charge in [0.15, 0.2) is 0 Å². The van der Waals surface area contributed by atoms with Crippen LogP contribution in [0.1, 0.15) is 52.4 Å². The molecule has 0 spiro atoms. The number of aliphatic hydroxyl groups excluding tert-OH is 1. The van der Waals surface area contributed by atoms with Crippen molar-refractivity contribution in [1.29, 1.82) is 0 Å². The Kier molecular flexibility index (Phi) is 6.90. The van der Waals surface area contributed by atoms with Crippen LogP contribution in [0.15, 0.2) is 0 Å². The number of piperidine rings is 1. The summed E-state index contributed by atoms with van der Waals surface area (Å²) >= 11 is 4.60. The first-order chi connectivity index (χ1) is 8.15. The van der Waals surface area contributed by atoms with Gasteiger partial charge in [-0.1, -0.05) is 26.7 Å². The van der Waals surface area contributed by atoms with Crippen molar-refractivity contribution in [2.45, 2.75) is 58.5 Å². The maximum atomic E-state index is 9.75. The van der Waals surface area contributed by atoms with E-state index in [1.807, 2.05) is 0 Å². The molecule has 0 saturated carbocycles. The van der Waals surface area contributed by atoms with E-state index in [1.165, 1.54) is 25.7 Å². The average Bonchev–Trinajstić information content (AvgIpc) is 2.29. The van der Waals surface area contributed by atoms with Gasteiger partial charge in [0.05, 0.1) is 6.10 Å². The molecule has 17 heavy (non-hydrogen) atoms. The molecule has 1 heterocycles. The second-order valence-corrected chi connectivity index (χ2v) is 6.01. The van der Waals surface area contributed by atoms with Gasteiger partial charge in [-0.3, -0.25) is 0 Å². The molecule has 102 valence electrons. The molecular formula is C14H29NOS. The molecule has 0 bridgehead atoms. The van der Waals surface area contributed by atoms with Crippen molar-refractivity contribution in [2.75, 3.05) is 25.4 Å². The van der Waals surface area contributed by atoms with Gasteiger partial charge in [-0.05, 0) is 43.4 Å². The number of nitrogens with zero attached hydrogens (tertiary/aromatic N) is 1. The summed E-state index contributed by atoms with van der Waals surface area (Å²) in [6.45, 7) is 7.66. The Hall–Kier alpha value is 0.270. The van der Waals surface area contributed by atoms with Gasteiger partial charge >= 0.3 is 0 Å². The average molecular weight is 259 g/mol. The predicted octanol–water partition coefficient (Wildman–Crippen LogP) is 2.96. The van der Waals surface area contributed by atoms with Crippen molar-refractivity contribution < 1.29 is 5.11 Å². The zero-order valence-corrected chi connectivity index (χ0v) is 12.4. The van der Waals surface area contributed by atoms with E-state index in [9.17, 15) is 5.11 Å². The molecule has 1 atom stereocenters. The Bertz CT molecular complexity index is 204. The fourth-order valence-corrected chi connectivity index (χ4v) is 3.62. The monoisotopic (exact) mass is 259 g/mol. The Morgan fingerprint density at radius 1 is 1.29 bits per heavy atom. The first kappa shape index (κ1) is 15.3. The van der Waals surface area contributed by atoms with Gasteiger partial charge in [-0.25, -0.2) is 0 Å². The number of aliphatic hydroxyl groups is 1. The molecule has 0 aromatic heterocycles. The van der Waals surface area contributed by atoms with Gasteiger partial charge in [0.2, 0.25) is 0 Å². The molecule has 2 nitrogen and oxygen atoms in total. The van der Waals surface area contributed by atoms with Crippen LogP contribution in [0, 0.1) is 5.41 Å². The maximum absolute atomic E-state index is 9.75. The van der Waals surface area contributed by atoms with Crippen molar-refractivity contribution in [3.63, 3.8) is 0 Å². The van der Waals surface area contributed by atoms with Crippen LogP contribution >= 0.6 is 12.6 Å². The lowest BCUT2D eigenvalue weighted by Crippen LogP contribution is -2.45. The molecule has 1 N–H and O–H groups in total. The molecule has 0 aromatic carbocycles. The van der Waals surface area contributed by atoms with Crippen LogP contribution < -0.4 is 0 Å². The van der Waals surface area contributed by atoms with Crippen molar-refractivity contribution in [1.82, 2.24) is 4.90 Å². The third-order valence-electron chi connectivity index (χ3n) is 3.94. The Morgan fingerprint density at radius 2 is 1.94 bits per heavy atom. The highest BCUT2D eigenvalue weighted by Gasteiger charge is 2.31. The lowest BCUT2D eigenvalue weighted by molar-refractivity contribution is 0.0433. The van der Waals surface area contributed by atoms with Crippen LogP contribution in [0.4, 0.5) is 0 Å². The zero-order valence-electron chi connectivity index (χ0n) is 11.5. The van der Waals surface area contributed by atoms with Gasteiger partial charge in [-0.2, -0.15) is 12.6 Å². The van der Waals surface area contributed by atoms with Crippen LogP contribution in [0.25, 0.3) is 0 Å². The predicted molar refractivity (Wildman–Crippen MR) is 77.8 cm³/mol. The minimum atomic E-state index is -0.107. The first-order valence-corrected chi connectivity index (χ1v) is 7.80. The highest BCUT2D eigenvalue weighted by Crippen LogP contribution is 2.33. The van der Waals surface area contributed by atoms with E-state index in [2.05, 4.69) is 31.4 Å². The molecule has 3 heteroatoms. The highest BCUT2D eigenvalue weighted by atomic mass is 32.1. The minimum Gasteiger partial charge on any atom is -0.392 e.